The number of rotatable bonds is 3. The first-order chi connectivity index (χ1) is 7.64. The summed E-state index contributed by atoms with van der Waals surface area (Å²) in [5, 5.41) is 6.18. The number of aromatic nitrogens is 2. The van der Waals surface area contributed by atoms with Crippen molar-refractivity contribution >= 4 is 10.0 Å². The number of hydrogen-bond acceptors (Lipinski definition) is 4. The molecule has 0 unspecified atom stereocenters. The lowest BCUT2D eigenvalue weighted by Gasteiger charge is -2.30. The number of H-pyrrole nitrogens is 1. The van der Waals surface area contributed by atoms with Crippen LogP contribution in [0.1, 0.15) is 12.8 Å². The molecule has 1 aliphatic rings. The fourth-order valence-corrected chi connectivity index (χ4v) is 3.29. The third kappa shape index (κ3) is 2.11. The molecule has 0 aliphatic carbocycles. The second kappa shape index (κ2) is 4.52. The van der Waals surface area contributed by atoms with Gasteiger partial charge in [-0.25, -0.2) is 8.42 Å². The summed E-state index contributed by atoms with van der Waals surface area (Å²) in [6, 6.07) is 0. The fraction of sp³-hybridized carbons (Fsp3) is 0.667. The third-order valence-electron chi connectivity index (χ3n) is 3.02. The van der Waals surface area contributed by atoms with Gasteiger partial charge in [0.15, 0.2) is 0 Å². The lowest BCUT2D eigenvalue weighted by Crippen LogP contribution is -2.39. The lowest BCUT2D eigenvalue weighted by atomic mass is 9.99. The average Bonchev–Trinajstić information content (AvgIpc) is 2.83. The van der Waals surface area contributed by atoms with Crippen molar-refractivity contribution < 1.29 is 8.42 Å². The molecule has 2 rings (SSSR count). The molecule has 0 atom stereocenters. The molecule has 1 aromatic heterocycles. The van der Waals surface area contributed by atoms with E-state index in [1.165, 1.54) is 16.7 Å². The van der Waals surface area contributed by atoms with Crippen LogP contribution in [0.2, 0.25) is 0 Å². The predicted molar refractivity (Wildman–Crippen MR) is 59.1 cm³/mol. The summed E-state index contributed by atoms with van der Waals surface area (Å²) in [5.41, 5.74) is 5.57. The number of nitrogens with zero attached hydrogens (tertiary/aromatic N) is 2. The molecule has 90 valence electrons. The maximum Gasteiger partial charge on any atom is 0.246 e. The predicted octanol–water partition coefficient (Wildman–Crippen LogP) is -0.231. The van der Waals surface area contributed by atoms with Crippen molar-refractivity contribution in [1.29, 1.82) is 0 Å². The van der Waals surface area contributed by atoms with E-state index in [9.17, 15) is 8.42 Å². The largest absolute Gasteiger partial charge is 0.330 e. The van der Waals surface area contributed by atoms with Crippen LogP contribution in [0, 0.1) is 5.92 Å². The molecule has 0 spiro atoms. The van der Waals surface area contributed by atoms with Crippen LogP contribution in [-0.4, -0.2) is 42.6 Å². The maximum absolute atomic E-state index is 12.1. The Kier molecular flexibility index (Phi) is 3.27. The topological polar surface area (TPSA) is 92.1 Å². The van der Waals surface area contributed by atoms with E-state index in [-0.39, 0.29) is 4.90 Å². The maximum atomic E-state index is 12.1. The van der Waals surface area contributed by atoms with Gasteiger partial charge in [0.25, 0.3) is 0 Å². The Balaban J connectivity index is 2.09. The van der Waals surface area contributed by atoms with Crippen LogP contribution in [-0.2, 0) is 10.0 Å². The summed E-state index contributed by atoms with van der Waals surface area (Å²) in [6.45, 7) is 1.74. The second-order valence-electron chi connectivity index (χ2n) is 4.02. The quantitative estimate of drug-likeness (QED) is 0.768. The Hall–Kier alpha value is -0.920. The first-order valence-corrected chi connectivity index (χ1v) is 6.77. The molecule has 1 aromatic rings. The van der Waals surface area contributed by atoms with E-state index in [1.54, 1.807) is 0 Å². The van der Waals surface area contributed by atoms with Gasteiger partial charge in [0, 0.05) is 19.3 Å². The van der Waals surface area contributed by atoms with E-state index in [1.807, 2.05) is 0 Å². The Morgan fingerprint density at radius 2 is 2.19 bits per heavy atom. The van der Waals surface area contributed by atoms with E-state index >= 15 is 0 Å². The van der Waals surface area contributed by atoms with Crippen molar-refractivity contribution in [2.45, 2.75) is 17.7 Å². The molecular weight excluding hydrogens is 228 g/mol. The molecule has 0 radical (unpaired) electrons. The van der Waals surface area contributed by atoms with Crippen molar-refractivity contribution in [2.24, 2.45) is 11.7 Å². The summed E-state index contributed by atoms with van der Waals surface area (Å²) in [7, 11) is -3.35. The van der Waals surface area contributed by atoms with Gasteiger partial charge in [-0.2, -0.15) is 9.40 Å². The van der Waals surface area contributed by atoms with Gasteiger partial charge in [0.05, 0.1) is 6.20 Å². The molecule has 1 fully saturated rings. The Bertz CT molecular complexity index is 420. The highest BCUT2D eigenvalue weighted by molar-refractivity contribution is 7.89. The number of sulfonamides is 1. The van der Waals surface area contributed by atoms with Crippen molar-refractivity contribution in [3.05, 3.63) is 12.4 Å². The number of hydrogen-bond donors (Lipinski definition) is 2. The van der Waals surface area contributed by atoms with Gasteiger partial charge in [-0.3, -0.25) is 5.10 Å². The monoisotopic (exact) mass is 244 g/mol. The van der Waals surface area contributed by atoms with Gasteiger partial charge in [-0.05, 0) is 25.3 Å². The first kappa shape index (κ1) is 11.6. The van der Waals surface area contributed by atoms with Gasteiger partial charge < -0.3 is 5.73 Å². The van der Waals surface area contributed by atoms with Crippen molar-refractivity contribution in [3.8, 4) is 0 Å². The second-order valence-corrected chi connectivity index (χ2v) is 5.96. The number of nitrogens with one attached hydrogen (secondary N) is 1. The molecule has 0 aromatic carbocycles. The minimum Gasteiger partial charge on any atom is -0.330 e. The van der Waals surface area contributed by atoms with E-state index < -0.39 is 10.0 Å². The van der Waals surface area contributed by atoms with Gasteiger partial charge in [0.2, 0.25) is 10.0 Å². The fourth-order valence-electron chi connectivity index (χ4n) is 1.91. The Labute approximate surface area is 94.9 Å². The molecule has 16 heavy (non-hydrogen) atoms. The minimum absolute atomic E-state index is 0.235. The molecule has 0 saturated carbocycles. The van der Waals surface area contributed by atoms with Gasteiger partial charge in [0.1, 0.15) is 4.90 Å². The first-order valence-electron chi connectivity index (χ1n) is 5.33. The van der Waals surface area contributed by atoms with E-state index in [0.717, 1.165) is 12.8 Å². The van der Waals surface area contributed by atoms with Crippen LogP contribution in [0.25, 0.3) is 0 Å². The summed E-state index contributed by atoms with van der Waals surface area (Å²) < 4.78 is 25.7. The molecule has 0 amide bonds. The zero-order valence-electron chi connectivity index (χ0n) is 8.96. The molecule has 6 nitrogen and oxygen atoms in total. The van der Waals surface area contributed by atoms with Crippen LogP contribution < -0.4 is 5.73 Å². The average molecular weight is 244 g/mol. The van der Waals surface area contributed by atoms with Gasteiger partial charge >= 0.3 is 0 Å². The molecule has 0 bridgehead atoms. The van der Waals surface area contributed by atoms with Crippen LogP contribution in [0.4, 0.5) is 0 Å². The molecular formula is C9H16N4O2S. The highest BCUT2D eigenvalue weighted by Crippen LogP contribution is 2.22. The Morgan fingerprint density at radius 3 is 2.69 bits per heavy atom. The summed E-state index contributed by atoms with van der Waals surface area (Å²) in [6.07, 6.45) is 4.43. The molecule has 7 heteroatoms. The van der Waals surface area contributed by atoms with Gasteiger partial charge in [-0.1, -0.05) is 0 Å². The highest BCUT2D eigenvalue weighted by atomic mass is 32.2. The van der Waals surface area contributed by atoms with Crippen molar-refractivity contribution in [1.82, 2.24) is 14.5 Å². The SMILES string of the molecule is NCC1CCN(S(=O)(=O)c2cn[nH]c2)CC1. The zero-order chi connectivity index (χ0) is 11.6. The summed E-state index contributed by atoms with van der Waals surface area (Å²) in [5.74, 6) is 0.454. The zero-order valence-corrected chi connectivity index (χ0v) is 9.78. The smallest absolute Gasteiger partial charge is 0.246 e. The lowest BCUT2D eigenvalue weighted by molar-refractivity contribution is 0.278. The van der Waals surface area contributed by atoms with Gasteiger partial charge in [-0.15, -0.1) is 0 Å². The summed E-state index contributed by atoms with van der Waals surface area (Å²) in [4.78, 5) is 0.235. The Morgan fingerprint density at radius 1 is 1.50 bits per heavy atom. The summed E-state index contributed by atoms with van der Waals surface area (Å²) >= 11 is 0. The van der Waals surface area contributed by atoms with Crippen LogP contribution in [0.3, 0.4) is 0 Å². The third-order valence-corrected chi connectivity index (χ3v) is 4.88. The van der Waals surface area contributed by atoms with E-state index in [0.29, 0.717) is 25.6 Å². The molecule has 3 N–H and O–H groups in total. The van der Waals surface area contributed by atoms with Crippen molar-refractivity contribution in [2.75, 3.05) is 19.6 Å². The van der Waals surface area contributed by atoms with Crippen LogP contribution in [0.5, 0.6) is 0 Å². The van der Waals surface area contributed by atoms with E-state index in [4.69, 9.17) is 5.73 Å². The van der Waals surface area contributed by atoms with Crippen molar-refractivity contribution in [3.63, 3.8) is 0 Å². The van der Waals surface area contributed by atoms with Crippen LogP contribution in [0.15, 0.2) is 17.3 Å². The highest BCUT2D eigenvalue weighted by Gasteiger charge is 2.29. The molecule has 1 saturated heterocycles. The number of aromatic amines is 1. The molecule has 2 heterocycles. The minimum atomic E-state index is -3.35. The number of nitrogens with two attached hydrogens (primary N) is 1. The standard InChI is InChI=1S/C9H16N4O2S/c10-5-8-1-3-13(4-2-8)16(14,15)9-6-11-12-7-9/h6-8H,1-5,10H2,(H,11,12). The number of piperidine rings is 1. The normalized spacial score (nSPS) is 20.1. The van der Waals surface area contributed by atoms with E-state index in [2.05, 4.69) is 10.2 Å². The molecule has 1 aliphatic heterocycles. The van der Waals surface area contributed by atoms with Crippen LogP contribution >= 0.6 is 0 Å².